The number of aryl methyl sites for hydroxylation is 1. The maximum atomic E-state index is 12.1. The minimum absolute atomic E-state index is 0.0329. The van der Waals surface area contributed by atoms with Gasteiger partial charge in [-0.1, -0.05) is 24.3 Å². The van der Waals surface area contributed by atoms with Crippen molar-refractivity contribution in [2.75, 3.05) is 11.9 Å². The number of rotatable bonds is 6. The summed E-state index contributed by atoms with van der Waals surface area (Å²) in [5.41, 5.74) is 3.14. The van der Waals surface area contributed by atoms with Crippen molar-refractivity contribution < 1.29 is 15.0 Å². The highest BCUT2D eigenvalue weighted by atomic mass is 16.3. The SMILES string of the molecule is O=C(Nc1cccc(CCCO)c1)c1ccc(CO)cc1. The Bertz CT molecular complexity index is 593. The predicted molar refractivity (Wildman–Crippen MR) is 82.2 cm³/mol. The number of benzene rings is 2. The van der Waals surface area contributed by atoms with E-state index in [-0.39, 0.29) is 19.1 Å². The zero-order valence-electron chi connectivity index (χ0n) is 11.7. The van der Waals surface area contributed by atoms with Gasteiger partial charge >= 0.3 is 0 Å². The van der Waals surface area contributed by atoms with Gasteiger partial charge in [0.1, 0.15) is 0 Å². The molecular weight excluding hydrogens is 266 g/mol. The number of hydrogen-bond acceptors (Lipinski definition) is 3. The Balaban J connectivity index is 2.04. The van der Waals surface area contributed by atoms with Gasteiger partial charge in [0.25, 0.3) is 5.91 Å². The van der Waals surface area contributed by atoms with Crippen molar-refractivity contribution in [1.82, 2.24) is 0 Å². The normalized spacial score (nSPS) is 10.4. The van der Waals surface area contributed by atoms with Crippen molar-refractivity contribution in [3.8, 4) is 0 Å². The van der Waals surface area contributed by atoms with E-state index in [0.717, 1.165) is 23.2 Å². The van der Waals surface area contributed by atoms with Gasteiger partial charge in [-0.2, -0.15) is 0 Å². The number of amides is 1. The average molecular weight is 285 g/mol. The maximum absolute atomic E-state index is 12.1. The van der Waals surface area contributed by atoms with Crippen molar-refractivity contribution in [2.24, 2.45) is 0 Å². The lowest BCUT2D eigenvalue weighted by Gasteiger charge is -2.08. The number of carbonyl (C=O) groups is 1. The van der Waals surface area contributed by atoms with E-state index in [4.69, 9.17) is 10.2 Å². The molecule has 0 spiro atoms. The summed E-state index contributed by atoms with van der Waals surface area (Å²) in [6.07, 6.45) is 1.49. The molecule has 3 N–H and O–H groups in total. The summed E-state index contributed by atoms with van der Waals surface area (Å²) < 4.78 is 0. The number of hydrogen-bond donors (Lipinski definition) is 3. The van der Waals surface area contributed by atoms with E-state index < -0.39 is 0 Å². The Hall–Kier alpha value is -2.17. The lowest BCUT2D eigenvalue weighted by molar-refractivity contribution is 0.102. The smallest absolute Gasteiger partial charge is 0.255 e. The monoisotopic (exact) mass is 285 g/mol. The van der Waals surface area contributed by atoms with Crippen LogP contribution in [0.2, 0.25) is 0 Å². The Kier molecular flexibility index (Phi) is 5.49. The minimum Gasteiger partial charge on any atom is -0.396 e. The number of aliphatic hydroxyl groups excluding tert-OH is 2. The summed E-state index contributed by atoms with van der Waals surface area (Å²) in [5.74, 6) is -0.182. The molecular formula is C17H19NO3. The molecule has 2 aromatic carbocycles. The quantitative estimate of drug-likeness (QED) is 0.763. The second kappa shape index (κ2) is 7.57. The first-order chi connectivity index (χ1) is 10.2. The Morgan fingerprint density at radius 3 is 2.43 bits per heavy atom. The molecule has 0 radical (unpaired) electrons. The zero-order chi connectivity index (χ0) is 15.1. The molecule has 0 saturated carbocycles. The number of anilines is 1. The summed E-state index contributed by atoms with van der Waals surface area (Å²) in [7, 11) is 0. The van der Waals surface area contributed by atoms with Crippen LogP contribution in [0.3, 0.4) is 0 Å². The Morgan fingerprint density at radius 1 is 1.00 bits per heavy atom. The van der Waals surface area contributed by atoms with Crippen LogP contribution in [-0.2, 0) is 13.0 Å². The van der Waals surface area contributed by atoms with Gasteiger partial charge in [0.15, 0.2) is 0 Å². The maximum Gasteiger partial charge on any atom is 0.255 e. The summed E-state index contributed by atoms with van der Waals surface area (Å²) in [4.78, 5) is 12.1. The number of aliphatic hydroxyl groups is 2. The summed E-state index contributed by atoms with van der Waals surface area (Å²) in [5, 5.41) is 20.7. The van der Waals surface area contributed by atoms with Crippen LogP contribution in [0.25, 0.3) is 0 Å². The van der Waals surface area contributed by atoms with Gasteiger partial charge in [-0.25, -0.2) is 0 Å². The molecule has 0 aliphatic rings. The van der Waals surface area contributed by atoms with Gasteiger partial charge in [-0.3, -0.25) is 4.79 Å². The fraction of sp³-hybridized carbons (Fsp3) is 0.235. The van der Waals surface area contributed by atoms with Crippen LogP contribution in [0.4, 0.5) is 5.69 Å². The standard InChI is InChI=1S/C17H19NO3/c19-10-2-4-13-3-1-5-16(11-13)18-17(21)15-8-6-14(12-20)7-9-15/h1,3,5-9,11,19-20H,2,4,10,12H2,(H,18,21). The summed E-state index contributed by atoms with van der Waals surface area (Å²) in [6, 6.07) is 14.4. The van der Waals surface area contributed by atoms with Crippen LogP contribution in [0.5, 0.6) is 0 Å². The van der Waals surface area contributed by atoms with E-state index in [2.05, 4.69) is 5.32 Å². The van der Waals surface area contributed by atoms with Gasteiger partial charge in [-0.05, 0) is 48.2 Å². The lowest BCUT2D eigenvalue weighted by atomic mass is 10.1. The molecule has 0 unspecified atom stereocenters. The van der Waals surface area contributed by atoms with Crippen molar-refractivity contribution in [2.45, 2.75) is 19.4 Å². The van der Waals surface area contributed by atoms with E-state index >= 15 is 0 Å². The molecule has 0 bridgehead atoms. The first kappa shape index (κ1) is 15.2. The molecule has 2 aromatic rings. The largest absolute Gasteiger partial charge is 0.396 e. The highest BCUT2D eigenvalue weighted by Gasteiger charge is 2.06. The van der Waals surface area contributed by atoms with Crippen LogP contribution in [0.1, 0.15) is 27.9 Å². The van der Waals surface area contributed by atoms with E-state index in [1.165, 1.54) is 0 Å². The average Bonchev–Trinajstić information content (AvgIpc) is 2.53. The third-order valence-corrected chi connectivity index (χ3v) is 3.21. The molecule has 0 fully saturated rings. The van der Waals surface area contributed by atoms with Gasteiger partial charge in [0.2, 0.25) is 0 Å². The third kappa shape index (κ3) is 4.41. The molecule has 0 aromatic heterocycles. The second-order valence-corrected chi connectivity index (χ2v) is 4.84. The Morgan fingerprint density at radius 2 is 1.76 bits per heavy atom. The van der Waals surface area contributed by atoms with Crippen LogP contribution in [0, 0.1) is 0 Å². The van der Waals surface area contributed by atoms with E-state index in [1.54, 1.807) is 24.3 Å². The van der Waals surface area contributed by atoms with Crippen molar-refractivity contribution in [1.29, 1.82) is 0 Å². The molecule has 110 valence electrons. The zero-order valence-corrected chi connectivity index (χ0v) is 11.7. The molecule has 4 heteroatoms. The molecule has 2 rings (SSSR count). The van der Waals surface area contributed by atoms with Gasteiger partial charge < -0.3 is 15.5 Å². The van der Waals surface area contributed by atoms with Crippen molar-refractivity contribution >= 4 is 11.6 Å². The van der Waals surface area contributed by atoms with Crippen LogP contribution in [-0.4, -0.2) is 22.7 Å². The van der Waals surface area contributed by atoms with Gasteiger partial charge in [-0.15, -0.1) is 0 Å². The molecule has 0 aliphatic heterocycles. The van der Waals surface area contributed by atoms with E-state index in [9.17, 15) is 4.79 Å². The fourth-order valence-electron chi connectivity index (χ4n) is 2.05. The molecule has 0 aliphatic carbocycles. The van der Waals surface area contributed by atoms with Crippen molar-refractivity contribution in [3.05, 3.63) is 65.2 Å². The molecule has 0 heterocycles. The molecule has 0 saturated heterocycles. The molecule has 21 heavy (non-hydrogen) atoms. The second-order valence-electron chi connectivity index (χ2n) is 4.84. The number of carbonyl (C=O) groups excluding carboxylic acids is 1. The Labute approximate surface area is 124 Å². The lowest BCUT2D eigenvalue weighted by Crippen LogP contribution is -2.12. The van der Waals surface area contributed by atoms with Crippen LogP contribution < -0.4 is 5.32 Å². The van der Waals surface area contributed by atoms with Gasteiger partial charge in [0.05, 0.1) is 6.61 Å². The topological polar surface area (TPSA) is 69.6 Å². The van der Waals surface area contributed by atoms with Crippen molar-refractivity contribution in [3.63, 3.8) is 0 Å². The highest BCUT2D eigenvalue weighted by molar-refractivity contribution is 6.04. The minimum atomic E-state index is -0.182. The van der Waals surface area contributed by atoms with E-state index in [0.29, 0.717) is 12.0 Å². The van der Waals surface area contributed by atoms with E-state index in [1.807, 2.05) is 24.3 Å². The van der Waals surface area contributed by atoms with Crippen LogP contribution >= 0.6 is 0 Å². The summed E-state index contributed by atoms with van der Waals surface area (Å²) in [6.45, 7) is 0.128. The van der Waals surface area contributed by atoms with Crippen LogP contribution in [0.15, 0.2) is 48.5 Å². The third-order valence-electron chi connectivity index (χ3n) is 3.21. The first-order valence-electron chi connectivity index (χ1n) is 6.94. The first-order valence-corrected chi connectivity index (χ1v) is 6.94. The fourth-order valence-corrected chi connectivity index (χ4v) is 2.05. The number of nitrogens with one attached hydrogen (secondary N) is 1. The molecule has 4 nitrogen and oxygen atoms in total. The highest BCUT2D eigenvalue weighted by Crippen LogP contribution is 2.14. The summed E-state index contributed by atoms with van der Waals surface area (Å²) >= 11 is 0. The van der Waals surface area contributed by atoms with Gasteiger partial charge in [0, 0.05) is 17.9 Å². The predicted octanol–water partition coefficient (Wildman–Crippen LogP) is 2.36. The molecule has 0 atom stereocenters. The molecule has 1 amide bonds.